The van der Waals surface area contributed by atoms with Crippen molar-refractivity contribution in [3.05, 3.63) is 0 Å². The van der Waals surface area contributed by atoms with Gasteiger partial charge in [0.15, 0.2) is 5.96 Å². The lowest BCUT2D eigenvalue weighted by Gasteiger charge is -2.63. The van der Waals surface area contributed by atoms with Gasteiger partial charge in [0.1, 0.15) is 0 Å². The number of carbonyl (C=O) groups is 1. The predicted molar refractivity (Wildman–Crippen MR) is 133 cm³/mol. The smallest absolute Gasteiger partial charge is 0.236 e. The van der Waals surface area contributed by atoms with Crippen molar-refractivity contribution in [1.29, 1.82) is 0 Å². The lowest BCUT2D eigenvalue weighted by molar-refractivity contribution is -0.171. The summed E-state index contributed by atoms with van der Waals surface area (Å²) in [5, 5.41) is 3.90. The summed E-state index contributed by atoms with van der Waals surface area (Å²) in [5.74, 6) is 2.06. The molecule has 3 heterocycles. The number of nitrogens with one attached hydrogen (secondary N) is 1. The fourth-order valence-corrected chi connectivity index (χ4v) is 6.53. The second-order valence-electron chi connectivity index (χ2n) is 9.96. The Morgan fingerprint density at radius 1 is 1.03 bits per heavy atom. The molecule has 31 heavy (non-hydrogen) atoms. The number of ether oxygens (including phenoxy) is 1. The summed E-state index contributed by atoms with van der Waals surface area (Å²) >= 11 is 0. The van der Waals surface area contributed by atoms with E-state index in [0.717, 1.165) is 71.2 Å². The average molecular weight is 546 g/mol. The molecule has 3 atom stereocenters. The van der Waals surface area contributed by atoms with Crippen molar-refractivity contribution in [2.45, 2.75) is 64.0 Å². The summed E-state index contributed by atoms with van der Waals surface area (Å²) in [7, 11) is 0. The first kappa shape index (κ1) is 23.5. The standard InChI is InChI=1S/C23H39N5O2.HI/c1-2-24-22(25-20-18-7-16-30-21(18)23(20)8-6-9-23)28-14-12-26(13-15-28)17-19(29)27-10-4-3-5-11-27;/h18,20-21H,2-17H2,1H3,(H,24,25);1H. The SMILES string of the molecule is CCN=C(NC1C2CCOC2C12CCC2)N1CCN(CC(=O)N2CCCCC2)CC1.I. The second-order valence-corrected chi connectivity index (χ2v) is 9.96. The number of guanidine groups is 1. The Morgan fingerprint density at radius 3 is 2.42 bits per heavy atom. The molecule has 7 nitrogen and oxygen atoms in total. The van der Waals surface area contributed by atoms with Gasteiger partial charge in [-0.15, -0.1) is 24.0 Å². The molecule has 0 bridgehead atoms. The van der Waals surface area contributed by atoms with Gasteiger partial charge >= 0.3 is 0 Å². The van der Waals surface area contributed by atoms with Crippen molar-refractivity contribution in [2.75, 3.05) is 59.0 Å². The van der Waals surface area contributed by atoms with Crippen LogP contribution < -0.4 is 5.32 Å². The monoisotopic (exact) mass is 545 g/mol. The molecule has 1 amide bonds. The molecule has 0 radical (unpaired) electrons. The minimum atomic E-state index is 0. The van der Waals surface area contributed by atoms with Crippen LogP contribution in [0.5, 0.6) is 0 Å². The number of piperazine rings is 1. The zero-order chi connectivity index (χ0) is 20.6. The quantitative estimate of drug-likeness (QED) is 0.334. The normalized spacial score (nSPS) is 32.7. The number of fused-ring (bicyclic) bond motifs is 2. The first-order valence-electron chi connectivity index (χ1n) is 12.4. The Hall–Kier alpha value is -0.610. The topological polar surface area (TPSA) is 60.4 Å². The van der Waals surface area contributed by atoms with E-state index in [9.17, 15) is 4.79 Å². The number of nitrogens with zero attached hydrogens (tertiary/aromatic N) is 4. The molecular formula is C23H40IN5O2. The van der Waals surface area contributed by atoms with Gasteiger partial charge in [-0.25, -0.2) is 0 Å². The fourth-order valence-electron chi connectivity index (χ4n) is 6.53. The summed E-state index contributed by atoms with van der Waals surface area (Å²) in [6, 6.07) is 0.530. The first-order valence-corrected chi connectivity index (χ1v) is 12.4. The number of piperidine rings is 1. The summed E-state index contributed by atoms with van der Waals surface area (Å²) < 4.78 is 6.09. The van der Waals surface area contributed by atoms with Crippen molar-refractivity contribution in [3.8, 4) is 0 Å². The molecule has 5 aliphatic rings. The van der Waals surface area contributed by atoms with E-state index in [1.54, 1.807) is 0 Å². The highest BCUT2D eigenvalue weighted by Gasteiger charge is 2.66. The highest BCUT2D eigenvalue weighted by atomic mass is 127. The van der Waals surface area contributed by atoms with Crippen LogP contribution in [0.2, 0.25) is 0 Å². The van der Waals surface area contributed by atoms with Gasteiger partial charge < -0.3 is 19.9 Å². The Morgan fingerprint density at radius 2 is 1.77 bits per heavy atom. The molecule has 0 aromatic rings. The average Bonchev–Trinajstić information content (AvgIpc) is 3.16. The van der Waals surface area contributed by atoms with Gasteiger partial charge in [0, 0.05) is 69.8 Å². The van der Waals surface area contributed by atoms with Gasteiger partial charge in [0.25, 0.3) is 0 Å². The number of halogens is 1. The summed E-state index contributed by atoms with van der Waals surface area (Å²) in [4.78, 5) is 24.3. The molecule has 3 unspecified atom stereocenters. The second kappa shape index (κ2) is 10.1. The minimum absolute atomic E-state index is 0. The van der Waals surface area contributed by atoms with E-state index in [0.29, 0.717) is 35.9 Å². The maximum Gasteiger partial charge on any atom is 0.236 e. The van der Waals surface area contributed by atoms with Crippen LogP contribution in [0, 0.1) is 11.3 Å². The van der Waals surface area contributed by atoms with Gasteiger partial charge in [0.2, 0.25) is 5.91 Å². The third kappa shape index (κ3) is 4.45. The van der Waals surface area contributed by atoms with E-state index < -0.39 is 0 Å². The fraction of sp³-hybridized carbons (Fsp3) is 0.913. The zero-order valence-corrected chi connectivity index (χ0v) is 21.4. The molecule has 1 N–H and O–H groups in total. The van der Waals surface area contributed by atoms with Crippen molar-refractivity contribution in [1.82, 2.24) is 20.0 Å². The number of aliphatic imine (C=N–C) groups is 1. The van der Waals surface area contributed by atoms with Gasteiger partial charge in [-0.3, -0.25) is 14.7 Å². The van der Waals surface area contributed by atoms with E-state index >= 15 is 0 Å². The molecule has 0 aromatic carbocycles. The zero-order valence-electron chi connectivity index (χ0n) is 19.1. The van der Waals surface area contributed by atoms with Crippen LogP contribution in [0.15, 0.2) is 4.99 Å². The van der Waals surface area contributed by atoms with Crippen molar-refractivity contribution >= 4 is 35.8 Å². The molecule has 8 heteroatoms. The maximum atomic E-state index is 12.6. The number of amides is 1. The Kier molecular flexibility index (Phi) is 7.68. The Bertz CT molecular complexity index is 656. The minimum Gasteiger partial charge on any atom is -0.377 e. The number of rotatable bonds is 4. The first-order chi connectivity index (χ1) is 14.7. The van der Waals surface area contributed by atoms with Crippen LogP contribution in [0.3, 0.4) is 0 Å². The molecular weight excluding hydrogens is 505 g/mol. The third-order valence-corrected chi connectivity index (χ3v) is 8.37. The van der Waals surface area contributed by atoms with Gasteiger partial charge in [0.05, 0.1) is 12.6 Å². The summed E-state index contributed by atoms with van der Waals surface area (Å²) in [5.41, 5.74) is 0.373. The summed E-state index contributed by atoms with van der Waals surface area (Å²) in [6.07, 6.45) is 9.23. The van der Waals surface area contributed by atoms with Crippen LogP contribution in [0.25, 0.3) is 0 Å². The lowest BCUT2D eigenvalue weighted by atomic mass is 9.46. The van der Waals surface area contributed by atoms with E-state index in [4.69, 9.17) is 9.73 Å². The molecule has 3 aliphatic heterocycles. The Labute approximate surface area is 204 Å². The molecule has 5 fully saturated rings. The van der Waals surface area contributed by atoms with Crippen LogP contribution in [0.1, 0.15) is 51.9 Å². The van der Waals surface area contributed by atoms with Crippen LogP contribution >= 0.6 is 24.0 Å². The van der Waals surface area contributed by atoms with Crippen molar-refractivity contribution < 1.29 is 9.53 Å². The number of likely N-dealkylation sites (tertiary alicyclic amines) is 1. The van der Waals surface area contributed by atoms with Gasteiger partial charge in [-0.2, -0.15) is 0 Å². The molecule has 1 spiro atoms. The highest BCUT2D eigenvalue weighted by Crippen LogP contribution is 2.62. The van der Waals surface area contributed by atoms with E-state index in [2.05, 4.69) is 26.9 Å². The third-order valence-electron chi connectivity index (χ3n) is 8.37. The molecule has 2 aliphatic carbocycles. The van der Waals surface area contributed by atoms with Gasteiger partial charge in [-0.05, 0) is 45.4 Å². The number of carbonyl (C=O) groups excluding carboxylic acids is 1. The van der Waals surface area contributed by atoms with E-state index in [1.807, 2.05) is 0 Å². The maximum absolute atomic E-state index is 12.6. The van der Waals surface area contributed by atoms with Crippen LogP contribution in [-0.2, 0) is 9.53 Å². The summed E-state index contributed by atoms with van der Waals surface area (Å²) in [6.45, 7) is 10.1. The molecule has 3 saturated heterocycles. The molecule has 176 valence electrons. The largest absolute Gasteiger partial charge is 0.377 e. The van der Waals surface area contributed by atoms with Crippen LogP contribution in [-0.4, -0.2) is 97.7 Å². The predicted octanol–water partition coefficient (Wildman–Crippen LogP) is 2.16. The molecule has 5 rings (SSSR count). The number of hydrogen-bond acceptors (Lipinski definition) is 4. The Balaban J connectivity index is 0.00000231. The number of hydrogen-bond donors (Lipinski definition) is 1. The molecule has 0 aromatic heterocycles. The molecule has 2 saturated carbocycles. The van der Waals surface area contributed by atoms with Crippen molar-refractivity contribution in [3.63, 3.8) is 0 Å². The lowest BCUT2D eigenvalue weighted by Crippen LogP contribution is -2.73. The van der Waals surface area contributed by atoms with Gasteiger partial charge in [-0.1, -0.05) is 6.42 Å². The van der Waals surface area contributed by atoms with E-state index in [1.165, 1.54) is 32.1 Å². The highest BCUT2D eigenvalue weighted by molar-refractivity contribution is 14.0. The van der Waals surface area contributed by atoms with E-state index in [-0.39, 0.29) is 24.0 Å². The van der Waals surface area contributed by atoms with Crippen molar-refractivity contribution in [2.24, 2.45) is 16.3 Å². The van der Waals surface area contributed by atoms with Crippen LogP contribution in [0.4, 0.5) is 0 Å².